The Morgan fingerprint density at radius 2 is 2.38 bits per heavy atom. The summed E-state index contributed by atoms with van der Waals surface area (Å²) in [7, 11) is 0. The van der Waals surface area contributed by atoms with Crippen molar-refractivity contribution in [2.45, 2.75) is 13.0 Å². The molecule has 0 fully saturated rings. The highest BCUT2D eigenvalue weighted by atomic mass is 16.6. The number of carbonyl (C=O) groups excluding carboxylic acids is 1. The summed E-state index contributed by atoms with van der Waals surface area (Å²) in [6.45, 7) is 0.345. The van der Waals surface area contributed by atoms with Crippen LogP contribution in [0.25, 0.3) is 0 Å². The zero-order valence-electron chi connectivity index (χ0n) is 7.04. The van der Waals surface area contributed by atoms with E-state index < -0.39 is 0 Å². The minimum atomic E-state index is 0.0273. The number of anilines is 1. The second-order valence-electron chi connectivity index (χ2n) is 2.98. The van der Waals surface area contributed by atoms with Crippen molar-refractivity contribution in [3.8, 4) is 0 Å². The van der Waals surface area contributed by atoms with Crippen molar-refractivity contribution in [3.05, 3.63) is 29.3 Å². The number of benzene rings is 1. The molecule has 68 valence electrons. The third-order valence-electron chi connectivity index (χ3n) is 2.12. The number of hydrogen-bond acceptors (Lipinski definition) is 3. The normalized spacial score (nSPS) is 14.1. The van der Waals surface area contributed by atoms with Gasteiger partial charge in [-0.25, -0.2) is 5.90 Å². The lowest BCUT2D eigenvalue weighted by Gasteiger charge is -2.04. The molecule has 3 N–H and O–H groups in total. The molecule has 1 aliphatic rings. The van der Waals surface area contributed by atoms with Gasteiger partial charge in [0.05, 0.1) is 13.0 Å². The molecule has 1 aliphatic heterocycles. The van der Waals surface area contributed by atoms with E-state index in [0.29, 0.717) is 13.0 Å². The fraction of sp³-hybridized carbons (Fsp3) is 0.222. The van der Waals surface area contributed by atoms with E-state index in [0.717, 1.165) is 16.8 Å². The van der Waals surface area contributed by atoms with Crippen molar-refractivity contribution in [2.75, 3.05) is 5.32 Å². The Hall–Kier alpha value is -1.39. The van der Waals surface area contributed by atoms with Crippen LogP contribution in [0.2, 0.25) is 0 Å². The van der Waals surface area contributed by atoms with Gasteiger partial charge in [-0.3, -0.25) is 9.63 Å². The second-order valence-corrected chi connectivity index (χ2v) is 2.98. The van der Waals surface area contributed by atoms with Gasteiger partial charge in [-0.1, -0.05) is 12.1 Å². The molecular formula is C9H10N2O2. The van der Waals surface area contributed by atoms with Crippen LogP contribution < -0.4 is 11.2 Å². The molecular weight excluding hydrogens is 168 g/mol. The molecule has 1 amide bonds. The first-order chi connectivity index (χ1) is 6.31. The maximum atomic E-state index is 11.1. The van der Waals surface area contributed by atoms with Crippen LogP contribution in [0.4, 0.5) is 5.69 Å². The van der Waals surface area contributed by atoms with Crippen LogP contribution in [0, 0.1) is 0 Å². The first-order valence-electron chi connectivity index (χ1n) is 4.03. The molecule has 1 aromatic rings. The molecule has 0 unspecified atom stereocenters. The van der Waals surface area contributed by atoms with Crippen molar-refractivity contribution in [1.29, 1.82) is 0 Å². The summed E-state index contributed by atoms with van der Waals surface area (Å²) in [6, 6.07) is 5.66. The average molecular weight is 178 g/mol. The molecule has 0 aliphatic carbocycles. The van der Waals surface area contributed by atoms with Gasteiger partial charge in [0.25, 0.3) is 0 Å². The van der Waals surface area contributed by atoms with Gasteiger partial charge in [0.1, 0.15) is 0 Å². The van der Waals surface area contributed by atoms with Crippen molar-refractivity contribution in [3.63, 3.8) is 0 Å². The molecule has 4 heteroatoms. The van der Waals surface area contributed by atoms with E-state index in [4.69, 9.17) is 5.90 Å². The summed E-state index contributed by atoms with van der Waals surface area (Å²) in [5, 5.41) is 2.76. The SMILES string of the molecule is NOCc1cccc2c1CC(=O)N2. The quantitative estimate of drug-likeness (QED) is 0.651. The summed E-state index contributed by atoms with van der Waals surface area (Å²) in [5.41, 5.74) is 2.84. The van der Waals surface area contributed by atoms with Crippen LogP contribution >= 0.6 is 0 Å². The number of nitrogens with one attached hydrogen (secondary N) is 1. The molecule has 2 rings (SSSR count). The van der Waals surface area contributed by atoms with E-state index in [9.17, 15) is 4.79 Å². The van der Waals surface area contributed by atoms with Crippen LogP contribution in [0.15, 0.2) is 18.2 Å². The zero-order valence-corrected chi connectivity index (χ0v) is 7.04. The first-order valence-corrected chi connectivity index (χ1v) is 4.03. The molecule has 4 nitrogen and oxygen atoms in total. The van der Waals surface area contributed by atoms with Crippen LogP contribution in [-0.2, 0) is 22.7 Å². The Bertz CT molecular complexity index is 349. The lowest BCUT2D eigenvalue weighted by molar-refractivity contribution is -0.115. The third kappa shape index (κ3) is 1.41. The molecule has 0 radical (unpaired) electrons. The molecule has 0 aromatic heterocycles. The van der Waals surface area contributed by atoms with Crippen molar-refractivity contribution in [2.24, 2.45) is 5.90 Å². The molecule has 0 saturated heterocycles. The Labute approximate surface area is 75.6 Å². The van der Waals surface area contributed by atoms with Crippen LogP contribution in [0.3, 0.4) is 0 Å². The molecule has 0 spiro atoms. The second kappa shape index (κ2) is 3.16. The molecule has 1 aromatic carbocycles. The van der Waals surface area contributed by atoms with Gasteiger partial charge < -0.3 is 5.32 Å². The zero-order chi connectivity index (χ0) is 9.26. The van der Waals surface area contributed by atoms with E-state index in [1.54, 1.807) is 0 Å². The van der Waals surface area contributed by atoms with Gasteiger partial charge in [-0.2, -0.15) is 0 Å². The topological polar surface area (TPSA) is 64.3 Å². The maximum Gasteiger partial charge on any atom is 0.228 e. The Balaban J connectivity index is 2.39. The average Bonchev–Trinajstić information content (AvgIpc) is 2.47. The van der Waals surface area contributed by atoms with Gasteiger partial charge in [0, 0.05) is 5.69 Å². The minimum absolute atomic E-state index is 0.0273. The predicted octanol–water partition coefficient (Wildman–Crippen LogP) is 0.571. The molecule has 0 atom stereocenters. The lowest BCUT2D eigenvalue weighted by atomic mass is 10.1. The summed E-state index contributed by atoms with van der Waals surface area (Å²) >= 11 is 0. The summed E-state index contributed by atoms with van der Waals surface area (Å²) in [4.78, 5) is 15.6. The lowest BCUT2D eigenvalue weighted by Crippen LogP contribution is -2.04. The van der Waals surface area contributed by atoms with Gasteiger partial charge in [-0.05, 0) is 17.2 Å². The van der Waals surface area contributed by atoms with E-state index in [-0.39, 0.29) is 5.91 Å². The minimum Gasteiger partial charge on any atom is -0.326 e. The highest BCUT2D eigenvalue weighted by Crippen LogP contribution is 2.26. The van der Waals surface area contributed by atoms with Crippen LogP contribution in [0.5, 0.6) is 0 Å². The largest absolute Gasteiger partial charge is 0.326 e. The standard InChI is InChI=1S/C9H10N2O2/c10-13-5-6-2-1-3-8-7(6)4-9(12)11-8/h1-3H,4-5,10H2,(H,11,12). The third-order valence-corrected chi connectivity index (χ3v) is 2.12. The van der Waals surface area contributed by atoms with Gasteiger partial charge in [0.15, 0.2) is 0 Å². The maximum absolute atomic E-state index is 11.1. The van der Waals surface area contributed by atoms with Crippen molar-refractivity contribution < 1.29 is 9.63 Å². The summed E-state index contributed by atoms with van der Waals surface area (Å²) in [6.07, 6.45) is 0.425. The van der Waals surface area contributed by atoms with Crippen molar-refractivity contribution in [1.82, 2.24) is 0 Å². The van der Waals surface area contributed by atoms with Crippen LogP contribution in [-0.4, -0.2) is 5.91 Å². The first kappa shape index (κ1) is 8.22. The molecule has 0 saturated carbocycles. The molecule has 13 heavy (non-hydrogen) atoms. The Kier molecular flexibility index (Phi) is 2.00. The number of rotatable bonds is 2. The van der Waals surface area contributed by atoms with Gasteiger partial charge in [0.2, 0.25) is 5.91 Å². The summed E-state index contributed by atoms with van der Waals surface area (Å²) in [5.74, 6) is 5.01. The van der Waals surface area contributed by atoms with Gasteiger partial charge >= 0.3 is 0 Å². The molecule has 0 bridgehead atoms. The fourth-order valence-corrected chi connectivity index (χ4v) is 1.54. The Morgan fingerprint density at radius 1 is 1.54 bits per heavy atom. The van der Waals surface area contributed by atoms with E-state index in [1.807, 2.05) is 18.2 Å². The fourth-order valence-electron chi connectivity index (χ4n) is 1.54. The Morgan fingerprint density at radius 3 is 3.15 bits per heavy atom. The number of carbonyl (C=O) groups is 1. The van der Waals surface area contributed by atoms with Crippen LogP contribution in [0.1, 0.15) is 11.1 Å². The smallest absolute Gasteiger partial charge is 0.228 e. The van der Waals surface area contributed by atoms with E-state index >= 15 is 0 Å². The van der Waals surface area contributed by atoms with Gasteiger partial charge in [-0.15, -0.1) is 0 Å². The van der Waals surface area contributed by atoms with E-state index in [1.165, 1.54) is 0 Å². The highest BCUT2D eigenvalue weighted by Gasteiger charge is 2.19. The number of fused-ring (bicyclic) bond motifs is 1. The molecule has 1 heterocycles. The predicted molar refractivity (Wildman–Crippen MR) is 47.8 cm³/mol. The van der Waals surface area contributed by atoms with Crippen molar-refractivity contribution >= 4 is 11.6 Å². The highest BCUT2D eigenvalue weighted by molar-refractivity contribution is 5.99. The monoisotopic (exact) mass is 178 g/mol. The summed E-state index contributed by atoms with van der Waals surface area (Å²) < 4.78 is 0. The van der Waals surface area contributed by atoms with E-state index in [2.05, 4.69) is 10.2 Å². The number of hydrogen-bond donors (Lipinski definition) is 2. The number of amides is 1. The number of nitrogens with two attached hydrogens (primary N) is 1.